The van der Waals surface area contributed by atoms with Gasteiger partial charge in [-0.2, -0.15) is 0 Å². The van der Waals surface area contributed by atoms with E-state index in [1.165, 1.54) is 4.90 Å². The summed E-state index contributed by atoms with van der Waals surface area (Å²) in [6.45, 7) is 4.36. The number of piperazine rings is 1. The molecule has 338 valence electrons. The number of nitrogens with one attached hydrogen (secondary N) is 1. The molecule has 0 bridgehead atoms. The Bertz CT molecular complexity index is 2840. The van der Waals surface area contributed by atoms with Crippen LogP contribution in [0.5, 0.6) is 17.2 Å². The minimum Gasteiger partial charge on any atom is -0.508 e. The summed E-state index contributed by atoms with van der Waals surface area (Å²) < 4.78 is 17.8. The van der Waals surface area contributed by atoms with Crippen molar-refractivity contribution in [2.45, 2.75) is 49.2 Å². The van der Waals surface area contributed by atoms with Crippen LogP contribution in [0.15, 0.2) is 158 Å². The van der Waals surface area contributed by atoms with Crippen molar-refractivity contribution in [1.82, 2.24) is 20.0 Å². The molecule has 0 aromatic heterocycles. The molecule has 13 nitrogen and oxygen atoms in total. The predicted octanol–water partition coefficient (Wildman–Crippen LogP) is 7.60. The summed E-state index contributed by atoms with van der Waals surface area (Å²) in [6.07, 6.45) is -0.851. The number of imide groups is 1. The Labute approximate surface area is 388 Å². The van der Waals surface area contributed by atoms with Crippen LogP contribution in [-0.4, -0.2) is 82.6 Å². The second-order valence-corrected chi connectivity index (χ2v) is 17.9. The number of phenolic OH excluding ortho intramolecular Hbond substituents is 1. The molecule has 0 saturated carbocycles. The molecule has 2 N–H and O–H groups in total. The van der Waals surface area contributed by atoms with Crippen LogP contribution in [0.1, 0.15) is 64.5 Å². The topological polar surface area (TPSA) is 141 Å². The number of esters is 1. The predicted molar refractivity (Wildman–Crippen MR) is 248 cm³/mol. The SMILES string of the molecule is C[C@@H](NC(=O)N1C(=O)[C@@]2(c3ccccc31)[C@H](c1ccc(O)cc1)N1[C@H](c3ccccc3)[C@H](c3ccccc3)OC(=O)[C@H]1[C@@H]2C(=O)N1CCN(Cc2ccc3c(c2)OCO3)CC1)c1ccccc1. The average molecular weight is 896 g/mol. The summed E-state index contributed by atoms with van der Waals surface area (Å²) in [4.78, 5) is 70.0. The fraction of sp³-hybridized carbons (Fsp3) is 0.259. The summed E-state index contributed by atoms with van der Waals surface area (Å²) in [5.74, 6) is -1.61. The number of cyclic esters (lactones) is 1. The van der Waals surface area contributed by atoms with Gasteiger partial charge in [0.2, 0.25) is 18.6 Å². The third-order valence-electron chi connectivity index (χ3n) is 14.2. The fourth-order valence-electron chi connectivity index (χ4n) is 11.2. The molecule has 0 unspecified atom stereocenters. The van der Waals surface area contributed by atoms with E-state index in [2.05, 4.69) is 10.2 Å². The summed E-state index contributed by atoms with van der Waals surface area (Å²) >= 11 is 0. The number of urea groups is 1. The maximum Gasteiger partial charge on any atom is 0.329 e. The first-order chi connectivity index (χ1) is 32.7. The third kappa shape index (κ3) is 7.08. The Morgan fingerprint density at radius 3 is 2.07 bits per heavy atom. The highest BCUT2D eigenvalue weighted by Gasteiger charge is 2.76. The highest BCUT2D eigenvalue weighted by atomic mass is 16.7. The molecule has 11 rings (SSSR count). The van der Waals surface area contributed by atoms with Gasteiger partial charge in [0.25, 0.3) is 0 Å². The lowest BCUT2D eigenvalue weighted by molar-refractivity contribution is -0.179. The molecule has 13 heteroatoms. The Morgan fingerprint density at radius 1 is 0.716 bits per heavy atom. The number of anilines is 1. The monoisotopic (exact) mass is 895 g/mol. The zero-order valence-corrected chi connectivity index (χ0v) is 36.8. The molecule has 67 heavy (non-hydrogen) atoms. The number of benzene rings is 6. The van der Waals surface area contributed by atoms with Gasteiger partial charge in [0, 0.05) is 32.7 Å². The lowest BCUT2D eigenvalue weighted by atomic mass is 9.65. The average Bonchev–Trinajstić information content (AvgIpc) is 4.04. The number of nitrogens with zero attached hydrogens (tertiary/aromatic N) is 4. The van der Waals surface area contributed by atoms with E-state index in [0.29, 0.717) is 61.0 Å². The largest absolute Gasteiger partial charge is 0.508 e. The minimum atomic E-state index is -1.86. The summed E-state index contributed by atoms with van der Waals surface area (Å²) in [5.41, 5.74) is 2.93. The van der Waals surface area contributed by atoms with Crippen molar-refractivity contribution in [1.29, 1.82) is 0 Å². The quantitative estimate of drug-likeness (QED) is 0.147. The molecule has 6 aromatic rings. The maximum absolute atomic E-state index is 16.4. The Morgan fingerprint density at radius 2 is 1.36 bits per heavy atom. The van der Waals surface area contributed by atoms with Gasteiger partial charge in [-0.3, -0.25) is 24.2 Å². The molecule has 3 fully saturated rings. The van der Waals surface area contributed by atoms with E-state index in [0.717, 1.165) is 22.3 Å². The van der Waals surface area contributed by atoms with E-state index in [4.69, 9.17) is 14.2 Å². The van der Waals surface area contributed by atoms with Crippen LogP contribution in [0.3, 0.4) is 0 Å². The molecule has 6 aromatic carbocycles. The second-order valence-electron chi connectivity index (χ2n) is 17.9. The number of rotatable bonds is 8. The molecule has 0 radical (unpaired) electrons. The number of fused-ring (bicyclic) bond motifs is 4. The third-order valence-corrected chi connectivity index (χ3v) is 14.2. The van der Waals surface area contributed by atoms with E-state index >= 15 is 14.4 Å². The summed E-state index contributed by atoms with van der Waals surface area (Å²) in [5, 5.41) is 13.8. The Kier molecular flexibility index (Phi) is 10.7. The zero-order valence-electron chi connectivity index (χ0n) is 36.8. The standard InChI is InChI=1S/C54H49N5O8/c1-34(36-13-5-2-6-14-36)55-53(64)58-42-20-12-11-19-41(42)54(52(58)63)45(50(61)57-29-27-56(28-30-57)32-35-21-26-43-44(31-35)66-33-65-43)47-51(62)67-48(38-17-9-4-10-18-38)46(37-15-7-3-8-16-37)59(47)49(54)39-22-24-40(60)25-23-39/h2-26,31,34,45-49,60H,27-30,32-33H2,1H3,(H,55,64)/t34-,45-,46-,47-,48+,49+,54-/m1/s1. The van der Waals surface area contributed by atoms with Crippen molar-refractivity contribution in [3.05, 3.63) is 191 Å². The number of carbonyl (C=O) groups excluding carboxylic acids is 4. The summed E-state index contributed by atoms with van der Waals surface area (Å²) in [6, 6.07) is 44.2. The second kappa shape index (κ2) is 17.1. The molecular weight excluding hydrogens is 847 g/mol. The van der Waals surface area contributed by atoms with E-state index in [-0.39, 0.29) is 18.4 Å². The Hall–Kier alpha value is -7.48. The number of carbonyl (C=O) groups is 4. The van der Waals surface area contributed by atoms with Crippen molar-refractivity contribution in [3.63, 3.8) is 0 Å². The van der Waals surface area contributed by atoms with Crippen LogP contribution in [0.4, 0.5) is 10.5 Å². The van der Waals surface area contributed by atoms with Crippen LogP contribution in [-0.2, 0) is 31.1 Å². The lowest BCUT2D eigenvalue weighted by Gasteiger charge is -2.46. The maximum atomic E-state index is 16.4. The van der Waals surface area contributed by atoms with E-state index in [1.807, 2.05) is 133 Å². The van der Waals surface area contributed by atoms with Crippen LogP contribution >= 0.6 is 0 Å². The molecular formula is C54H49N5O8. The van der Waals surface area contributed by atoms with E-state index in [9.17, 15) is 9.90 Å². The number of ether oxygens (including phenoxy) is 3. The first-order valence-electron chi connectivity index (χ1n) is 22.8. The van der Waals surface area contributed by atoms with Gasteiger partial charge >= 0.3 is 12.0 Å². The van der Waals surface area contributed by atoms with Gasteiger partial charge in [-0.1, -0.05) is 127 Å². The molecule has 3 saturated heterocycles. The molecule has 1 spiro atoms. The first kappa shape index (κ1) is 42.2. The number of phenols is 1. The molecule has 5 heterocycles. The van der Waals surface area contributed by atoms with Crippen molar-refractivity contribution in [2.75, 3.05) is 37.9 Å². The number of para-hydroxylation sites is 1. The van der Waals surface area contributed by atoms with Crippen LogP contribution in [0, 0.1) is 5.92 Å². The van der Waals surface area contributed by atoms with Crippen LogP contribution in [0.25, 0.3) is 0 Å². The van der Waals surface area contributed by atoms with Crippen molar-refractivity contribution in [3.8, 4) is 17.2 Å². The number of morpholine rings is 1. The smallest absolute Gasteiger partial charge is 0.329 e. The number of hydrogen-bond donors (Lipinski definition) is 2. The highest BCUT2D eigenvalue weighted by molar-refractivity contribution is 6.24. The van der Waals surface area contributed by atoms with E-state index in [1.54, 1.807) is 41.3 Å². The van der Waals surface area contributed by atoms with Crippen LogP contribution in [0.2, 0.25) is 0 Å². The number of hydrogen-bond acceptors (Lipinski definition) is 10. The van der Waals surface area contributed by atoms with Gasteiger partial charge in [0.15, 0.2) is 11.5 Å². The van der Waals surface area contributed by atoms with Gasteiger partial charge in [0.1, 0.15) is 23.3 Å². The van der Waals surface area contributed by atoms with Gasteiger partial charge in [0.05, 0.1) is 29.7 Å². The normalized spacial score (nSPS) is 24.8. The fourth-order valence-corrected chi connectivity index (χ4v) is 11.2. The molecule has 5 aliphatic heterocycles. The van der Waals surface area contributed by atoms with Crippen molar-refractivity contribution in [2.24, 2.45) is 5.92 Å². The molecule has 4 amide bonds. The van der Waals surface area contributed by atoms with Crippen LogP contribution < -0.4 is 19.7 Å². The van der Waals surface area contributed by atoms with E-state index < -0.39 is 59.5 Å². The summed E-state index contributed by atoms with van der Waals surface area (Å²) in [7, 11) is 0. The zero-order chi connectivity index (χ0) is 45.8. The number of amides is 4. The van der Waals surface area contributed by atoms with Gasteiger partial charge in [-0.25, -0.2) is 9.69 Å². The molecule has 0 aliphatic carbocycles. The Balaban J connectivity index is 1.07. The lowest BCUT2D eigenvalue weighted by Crippen LogP contribution is -2.59. The molecule has 7 atom stereocenters. The van der Waals surface area contributed by atoms with Gasteiger partial charge in [-0.15, -0.1) is 0 Å². The van der Waals surface area contributed by atoms with Gasteiger partial charge in [-0.05, 0) is 70.6 Å². The first-order valence-corrected chi connectivity index (χ1v) is 22.8. The van der Waals surface area contributed by atoms with Gasteiger partial charge < -0.3 is 29.5 Å². The van der Waals surface area contributed by atoms with Crippen molar-refractivity contribution >= 4 is 29.5 Å². The minimum absolute atomic E-state index is 0.00692. The molecule has 5 aliphatic rings. The van der Waals surface area contributed by atoms with Crippen molar-refractivity contribution < 1.29 is 38.5 Å². The highest BCUT2D eigenvalue weighted by Crippen LogP contribution is 2.66. The number of aromatic hydroxyl groups is 1.